The summed E-state index contributed by atoms with van der Waals surface area (Å²) in [6, 6.07) is 2.13. The fraction of sp³-hybridized carbons (Fsp3) is 0.714. The summed E-state index contributed by atoms with van der Waals surface area (Å²) in [5.41, 5.74) is 7.06. The minimum Gasteiger partial charge on any atom is -0.381 e. The van der Waals surface area contributed by atoms with Crippen LogP contribution in [0.4, 0.5) is 11.8 Å². The molecule has 19 heavy (non-hydrogen) atoms. The van der Waals surface area contributed by atoms with Crippen molar-refractivity contribution in [1.29, 1.82) is 0 Å². The van der Waals surface area contributed by atoms with E-state index in [9.17, 15) is 0 Å². The van der Waals surface area contributed by atoms with Crippen molar-refractivity contribution in [1.82, 2.24) is 9.97 Å². The molecule has 2 aliphatic rings. The van der Waals surface area contributed by atoms with E-state index in [-0.39, 0.29) is 5.41 Å². The molecule has 1 aromatic heterocycles. The van der Waals surface area contributed by atoms with Gasteiger partial charge in [0.05, 0.1) is 5.69 Å². The summed E-state index contributed by atoms with van der Waals surface area (Å²) in [6.07, 6.45) is 4.49. The van der Waals surface area contributed by atoms with Crippen molar-refractivity contribution in [3.63, 3.8) is 0 Å². The first-order chi connectivity index (χ1) is 9.17. The van der Waals surface area contributed by atoms with Crippen molar-refractivity contribution in [3.05, 3.63) is 11.8 Å². The highest BCUT2D eigenvalue weighted by molar-refractivity contribution is 5.45. The minimum absolute atomic E-state index is 0.0732. The van der Waals surface area contributed by atoms with E-state index in [2.05, 4.69) is 27.9 Å². The molecule has 0 aromatic carbocycles. The second kappa shape index (κ2) is 4.96. The normalized spacial score (nSPS) is 22.7. The van der Waals surface area contributed by atoms with Crippen LogP contribution < -0.4 is 10.6 Å². The molecule has 0 unspecified atom stereocenters. The van der Waals surface area contributed by atoms with Gasteiger partial charge in [-0.2, -0.15) is 4.98 Å². The van der Waals surface area contributed by atoms with Crippen molar-refractivity contribution < 1.29 is 4.74 Å². The second-order valence-corrected chi connectivity index (χ2v) is 5.84. The number of nitrogen functional groups attached to an aromatic ring is 1. The SMILES string of the molecule is CC1(c2cc(N3CCCC3)nc(N)n2)CCOCC1. The Bertz CT molecular complexity index is 451. The summed E-state index contributed by atoms with van der Waals surface area (Å²) in [5.74, 6) is 1.39. The Morgan fingerprint density at radius 2 is 1.89 bits per heavy atom. The molecule has 2 N–H and O–H groups in total. The average molecular weight is 262 g/mol. The molecule has 2 aliphatic heterocycles. The third-order valence-electron chi connectivity index (χ3n) is 4.37. The lowest BCUT2D eigenvalue weighted by atomic mass is 9.79. The first-order valence-electron chi connectivity index (χ1n) is 7.15. The van der Waals surface area contributed by atoms with Crippen molar-refractivity contribution >= 4 is 11.8 Å². The van der Waals surface area contributed by atoms with E-state index in [1.807, 2.05) is 0 Å². The monoisotopic (exact) mass is 262 g/mol. The molecule has 1 aromatic rings. The van der Waals surface area contributed by atoms with Gasteiger partial charge < -0.3 is 15.4 Å². The van der Waals surface area contributed by atoms with E-state index < -0.39 is 0 Å². The average Bonchev–Trinajstić information content (AvgIpc) is 2.93. The number of nitrogens with two attached hydrogens (primary N) is 1. The summed E-state index contributed by atoms with van der Waals surface area (Å²) in [4.78, 5) is 11.2. The number of anilines is 2. The number of rotatable bonds is 2. The summed E-state index contributed by atoms with van der Waals surface area (Å²) in [5, 5.41) is 0. The fourth-order valence-electron chi connectivity index (χ4n) is 2.95. The Morgan fingerprint density at radius 3 is 2.58 bits per heavy atom. The predicted octanol–water partition coefficient (Wildman–Crippen LogP) is 1.73. The molecule has 3 rings (SSSR count). The van der Waals surface area contributed by atoms with E-state index >= 15 is 0 Å². The Kier molecular flexibility index (Phi) is 3.31. The van der Waals surface area contributed by atoms with Crippen LogP contribution in [0.5, 0.6) is 0 Å². The zero-order valence-corrected chi connectivity index (χ0v) is 11.6. The van der Waals surface area contributed by atoms with Crippen LogP contribution in [0.1, 0.15) is 38.3 Å². The molecule has 0 radical (unpaired) electrons. The Balaban J connectivity index is 1.92. The third-order valence-corrected chi connectivity index (χ3v) is 4.37. The maximum absolute atomic E-state index is 5.91. The van der Waals surface area contributed by atoms with Crippen molar-refractivity contribution in [2.24, 2.45) is 0 Å². The van der Waals surface area contributed by atoms with Crippen LogP contribution in [-0.2, 0) is 10.2 Å². The first kappa shape index (κ1) is 12.7. The van der Waals surface area contributed by atoms with Crippen LogP contribution in [0.25, 0.3) is 0 Å². The lowest BCUT2D eigenvalue weighted by Gasteiger charge is -2.33. The van der Waals surface area contributed by atoms with Crippen LogP contribution in [0, 0.1) is 0 Å². The molecular formula is C14H22N4O. The molecule has 5 nitrogen and oxygen atoms in total. The standard InChI is InChI=1S/C14H22N4O/c1-14(4-8-19-9-5-14)11-10-12(17-13(15)16-11)18-6-2-3-7-18/h10H,2-9H2,1H3,(H2,15,16,17). The van der Waals surface area contributed by atoms with Gasteiger partial charge in [0.15, 0.2) is 0 Å². The molecule has 0 atom stereocenters. The summed E-state index contributed by atoms with van der Waals surface area (Å²) in [6.45, 7) is 6.02. The number of ether oxygens (including phenoxy) is 1. The summed E-state index contributed by atoms with van der Waals surface area (Å²) in [7, 11) is 0. The minimum atomic E-state index is 0.0732. The molecule has 0 aliphatic carbocycles. The zero-order chi connectivity index (χ0) is 13.3. The first-order valence-corrected chi connectivity index (χ1v) is 7.15. The maximum Gasteiger partial charge on any atom is 0.222 e. The zero-order valence-electron chi connectivity index (χ0n) is 11.6. The molecule has 2 fully saturated rings. The van der Waals surface area contributed by atoms with Gasteiger partial charge in [-0.1, -0.05) is 6.92 Å². The van der Waals surface area contributed by atoms with Crippen LogP contribution >= 0.6 is 0 Å². The number of hydrogen-bond donors (Lipinski definition) is 1. The number of aromatic nitrogens is 2. The molecular weight excluding hydrogens is 240 g/mol. The van der Waals surface area contributed by atoms with Crippen LogP contribution in [0.15, 0.2) is 6.07 Å². The van der Waals surface area contributed by atoms with Crippen molar-refractivity contribution in [3.8, 4) is 0 Å². The van der Waals surface area contributed by atoms with Crippen molar-refractivity contribution in [2.45, 2.75) is 38.0 Å². The van der Waals surface area contributed by atoms with Gasteiger partial charge in [0.25, 0.3) is 0 Å². The van der Waals surface area contributed by atoms with Crippen LogP contribution in [0.2, 0.25) is 0 Å². The highest BCUT2D eigenvalue weighted by Gasteiger charge is 2.32. The molecule has 2 saturated heterocycles. The maximum atomic E-state index is 5.91. The van der Waals surface area contributed by atoms with E-state index in [4.69, 9.17) is 10.5 Å². The van der Waals surface area contributed by atoms with Gasteiger partial charge >= 0.3 is 0 Å². The van der Waals surface area contributed by atoms with E-state index in [0.717, 1.165) is 50.7 Å². The quantitative estimate of drug-likeness (QED) is 0.879. The van der Waals surface area contributed by atoms with Gasteiger partial charge in [-0.25, -0.2) is 4.98 Å². The third kappa shape index (κ3) is 2.52. The van der Waals surface area contributed by atoms with E-state index in [1.54, 1.807) is 0 Å². The van der Waals surface area contributed by atoms with Gasteiger partial charge in [-0.15, -0.1) is 0 Å². The summed E-state index contributed by atoms with van der Waals surface area (Å²) < 4.78 is 5.46. The van der Waals surface area contributed by atoms with Gasteiger partial charge in [0.1, 0.15) is 5.82 Å². The molecule has 0 amide bonds. The highest BCUT2D eigenvalue weighted by Crippen LogP contribution is 2.35. The number of nitrogens with zero attached hydrogens (tertiary/aromatic N) is 3. The van der Waals surface area contributed by atoms with E-state index in [1.165, 1.54) is 12.8 Å². The molecule has 3 heterocycles. The smallest absolute Gasteiger partial charge is 0.222 e. The largest absolute Gasteiger partial charge is 0.381 e. The number of hydrogen-bond acceptors (Lipinski definition) is 5. The Hall–Kier alpha value is -1.36. The second-order valence-electron chi connectivity index (χ2n) is 5.84. The predicted molar refractivity (Wildman–Crippen MR) is 75.3 cm³/mol. The highest BCUT2D eigenvalue weighted by atomic mass is 16.5. The lowest BCUT2D eigenvalue weighted by Crippen LogP contribution is -2.32. The Labute approximate surface area is 114 Å². The molecule has 0 spiro atoms. The van der Waals surface area contributed by atoms with E-state index in [0.29, 0.717) is 5.95 Å². The molecule has 104 valence electrons. The van der Waals surface area contributed by atoms with Gasteiger partial charge in [0.2, 0.25) is 5.95 Å². The summed E-state index contributed by atoms with van der Waals surface area (Å²) >= 11 is 0. The van der Waals surface area contributed by atoms with Gasteiger partial charge in [-0.3, -0.25) is 0 Å². The Morgan fingerprint density at radius 1 is 1.21 bits per heavy atom. The molecule has 5 heteroatoms. The van der Waals surface area contributed by atoms with Gasteiger partial charge in [0, 0.05) is 37.8 Å². The topological polar surface area (TPSA) is 64.3 Å². The van der Waals surface area contributed by atoms with Crippen molar-refractivity contribution in [2.75, 3.05) is 36.9 Å². The molecule has 0 saturated carbocycles. The van der Waals surface area contributed by atoms with Crippen LogP contribution in [0.3, 0.4) is 0 Å². The van der Waals surface area contributed by atoms with Crippen LogP contribution in [-0.4, -0.2) is 36.3 Å². The lowest BCUT2D eigenvalue weighted by molar-refractivity contribution is 0.0551. The fourth-order valence-corrected chi connectivity index (χ4v) is 2.95. The molecule has 0 bridgehead atoms. The van der Waals surface area contributed by atoms with Gasteiger partial charge in [-0.05, 0) is 25.7 Å².